The molecule has 2 aromatic heterocycles. The summed E-state index contributed by atoms with van der Waals surface area (Å²) in [6.07, 6.45) is 3.49. The van der Waals surface area contributed by atoms with Crippen LogP contribution in [-0.4, -0.2) is 27.8 Å². The van der Waals surface area contributed by atoms with Gasteiger partial charge in [-0.05, 0) is 48.5 Å². The maximum atomic E-state index is 13.4. The number of carbonyl (C=O) groups is 1. The van der Waals surface area contributed by atoms with Crippen LogP contribution in [-0.2, 0) is 0 Å². The van der Waals surface area contributed by atoms with E-state index in [1.807, 2.05) is 84.9 Å². The first kappa shape index (κ1) is 19.5. The van der Waals surface area contributed by atoms with Gasteiger partial charge in [0.25, 0.3) is 5.91 Å². The summed E-state index contributed by atoms with van der Waals surface area (Å²) in [5.74, 6) is 0.396. The molecule has 32 heavy (non-hydrogen) atoms. The normalized spacial score (nSPS) is 10.8. The fourth-order valence-corrected chi connectivity index (χ4v) is 3.64. The smallest absolute Gasteiger partial charge is 0.259 e. The Hall–Kier alpha value is -4.45. The van der Waals surface area contributed by atoms with Gasteiger partial charge in [-0.2, -0.15) is 5.10 Å². The average Bonchev–Trinajstić information content (AvgIpc) is 3.30. The number of rotatable bonds is 5. The summed E-state index contributed by atoms with van der Waals surface area (Å²) in [6.45, 7) is 0. The van der Waals surface area contributed by atoms with Gasteiger partial charge in [-0.15, -0.1) is 0 Å². The van der Waals surface area contributed by atoms with E-state index in [-0.39, 0.29) is 5.91 Å². The van der Waals surface area contributed by atoms with Crippen molar-refractivity contribution >= 4 is 22.5 Å². The zero-order valence-corrected chi connectivity index (χ0v) is 17.4. The van der Waals surface area contributed by atoms with Gasteiger partial charge in [-0.3, -0.25) is 9.78 Å². The van der Waals surface area contributed by atoms with Gasteiger partial charge in [0.1, 0.15) is 11.4 Å². The summed E-state index contributed by atoms with van der Waals surface area (Å²) in [7, 11) is 1.61. The Kier molecular flexibility index (Phi) is 5.09. The third kappa shape index (κ3) is 3.70. The number of para-hydroxylation sites is 2. The van der Waals surface area contributed by atoms with Crippen molar-refractivity contribution in [1.82, 2.24) is 14.8 Å². The highest BCUT2D eigenvalue weighted by Gasteiger charge is 2.21. The molecule has 0 saturated carbocycles. The molecule has 0 atom stereocenters. The molecule has 5 aromatic rings. The Morgan fingerprint density at radius 1 is 0.938 bits per heavy atom. The summed E-state index contributed by atoms with van der Waals surface area (Å²) in [6, 6.07) is 26.7. The predicted octanol–water partition coefficient (Wildman–Crippen LogP) is 5.35. The highest BCUT2D eigenvalue weighted by atomic mass is 16.5. The van der Waals surface area contributed by atoms with E-state index in [0.717, 1.165) is 22.2 Å². The molecular formula is C26H20N4O2. The lowest BCUT2D eigenvalue weighted by Crippen LogP contribution is -2.12. The van der Waals surface area contributed by atoms with E-state index >= 15 is 0 Å². The zero-order chi connectivity index (χ0) is 21.9. The highest BCUT2D eigenvalue weighted by Crippen LogP contribution is 2.32. The molecule has 0 fully saturated rings. The maximum Gasteiger partial charge on any atom is 0.259 e. The van der Waals surface area contributed by atoms with E-state index in [0.29, 0.717) is 22.7 Å². The van der Waals surface area contributed by atoms with Gasteiger partial charge in [0.05, 0.1) is 23.9 Å². The Bertz CT molecular complexity index is 1410. The van der Waals surface area contributed by atoms with Crippen molar-refractivity contribution in [3.63, 3.8) is 0 Å². The van der Waals surface area contributed by atoms with Crippen molar-refractivity contribution in [2.24, 2.45) is 0 Å². The number of benzene rings is 3. The lowest BCUT2D eigenvalue weighted by Gasteiger charge is -2.09. The number of hydrogen-bond acceptors (Lipinski definition) is 4. The predicted molar refractivity (Wildman–Crippen MR) is 125 cm³/mol. The third-order valence-electron chi connectivity index (χ3n) is 5.20. The molecule has 3 aromatic carbocycles. The zero-order valence-electron chi connectivity index (χ0n) is 17.4. The Morgan fingerprint density at radius 2 is 1.75 bits per heavy atom. The van der Waals surface area contributed by atoms with Gasteiger partial charge in [-0.25, -0.2) is 4.68 Å². The first-order valence-corrected chi connectivity index (χ1v) is 10.2. The van der Waals surface area contributed by atoms with E-state index in [4.69, 9.17) is 9.84 Å². The molecule has 0 bridgehead atoms. The molecular weight excluding hydrogens is 400 g/mol. The molecule has 5 rings (SSSR count). The minimum atomic E-state index is -0.253. The van der Waals surface area contributed by atoms with Gasteiger partial charge in [0.2, 0.25) is 0 Å². The highest BCUT2D eigenvalue weighted by molar-refractivity contribution is 6.09. The molecule has 156 valence electrons. The molecule has 0 saturated heterocycles. The van der Waals surface area contributed by atoms with Crippen molar-refractivity contribution in [3.05, 3.63) is 103 Å². The van der Waals surface area contributed by atoms with Crippen LogP contribution in [0.15, 0.2) is 97.3 Å². The van der Waals surface area contributed by atoms with Crippen LogP contribution in [0.4, 0.5) is 5.69 Å². The number of amides is 1. The van der Waals surface area contributed by atoms with Crippen LogP contribution in [0.25, 0.3) is 27.8 Å². The van der Waals surface area contributed by atoms with Crippen LogP contribution in [0.1, 0.15) is 10.4 Å². The number of anilines is 1. The van der Waals surface area contributed by atoms with E-state index in [1.54, 1.807) is 24.2 Å². The number of nitrogens with one attached hydrogen (secondary N) is 1. The second-order valence-corrected chi connectivity index (χ2v) is 7.24. The molecule has 0 aliphatic carbocycles. The number of carbonyl (C=O) groups excluding carboxylic acids is 1. The SMILES string of the molecule is COc1ccccc1-c1nn(-c2ccccc2)cc1C(=O)Nc1ccc2ncccc2c1. The van der Waals surface area contributed by atoms with E-state index < -0.39 is 0 Å². The lowest BCUT2D eigenvalue weighted by molar-refractivity contribution is 0.102. The minimum Gasteiger partial charge on any atom is -0.496 e. The Labute approximate surface area is 185 Å². The molecule has 0 unspecified atom stereocenters. The Morgan fingerprint density at radius 3 is 2.59 bits per heavy atom. The van der Waals surface area contributed by atoms with Crippen molar-refractivity contribution in [3.8, 4) is 22.7 Å². The summed E-state index contributed by atoms with van der Waals surface area (Å²) in [4.78, 5) is 17.7. The average molecular weight is 420 g/mol. The number of pyridine rings is 1. The van der Waals surface area contributed by atoms with E-state index in [2.05, 4.69) is 10.3 Å². The molecule has 6 heteroatoms. The largest absolute Gasteiger partial charge is 0.496 e. The molecule has 2 heterocycles. The second kappa shape index (κ2) is 8.35. The molecule has 6 nitrogen and oxygen atoms in total. The standard InChI is InChI=1S/C26H20N4O2/c1-32-24-12-6-5-11-21(24)25-22(17-30(29-25)20-9-3-2-4-10-20)26(31)28-19-13-14-23-18(16-19)8-7-15-27-23/h2-17H,1H3,(H,28,31). The first-order valence-electron chi connectivity index (χ1n) is 10.2. The first-order chi connectivity index (χ1) is 15.7. The number of methoxy groups -OCH3 is 1. The minimum absolute atomic E-state index is 0.253. The number of aromatic nitrogens is 3. The summed E-state index contributed by atoms with van der Waals surface area (Å²) in [5, 5.41) is 8.69. The fraction of sp³-hybridized carbons (Fsp3) is 0.0385. The maximum absolute atomic E-state index is 13.4. The van der Waals surface area contributed by atoms with Crippen LogP contribution in [0.5, 0.6) is 5.75 Å². The van der Waals surface area contributed by atoms with Crippen molar-refractivity contribution in [2.75, 3.05) is 12.4 Å². The second-order valence-electron chi connectivity index (χ2n) is 7.24. The van der Waals surface area contributed by atoms with E-state index in [9.17, 15) is 4.79 Å². The molecule has 0 aliphatic heterocycles. The van der Waals surface area contributed by atoms with Crippen LogP contribution >= 0.6 is 0 Å². The van der Waals surface area contributed by atoms with Crippen LogP contribution in [0.3, 0.4) is 0 Å². The van der Waals surface area contributed by atoms with Gasteiger partial charge in [0.15, 0.2) is 0 Å². The summed E-state index contributed by atoms with van der Waals surface area (Å²) >= 11 is 0. The number of ether oxygens (including phenoxy) is 1. The van der Waals surface area contributed by atoms with Crippen molar-refractivity contribution in [1.29, 1.82) is 0 Å². The Balaban J connectivity index is 1.58. The van der Waals surface area contributed by atoms with Gasteiger partial charge >= 0.3 is 0 Å². The molecule has 0 spiro atoms. The topological polar surface area (TPSA) is 69.0 Å². The molecule has 1 N–H and O–H groups in total. The quantitative estimate of drug-likeness (QED) is 0.416. The van der Waals surface area contributed by atoms with Gasteiger partial charge in [0, 0.05) is 29.0 Å². The van der Waals surface area contributed by atoms with Crippen LogP contribution in [0.2, 0.25) is 0 Å². The summed E-state index contributed by atoms with van der Waals surface area (Å²) < 4.78 is 7.24. The number of fused-ring (bicyclic) bond motifs is 1. The molecule has 0 radical (unpaired) electrons. The van der Waals surface area contributed by atoms with Crippen LogP contribution < -0.4 is 10.1 Å². The van der Waals surface area contributed by atoms with Crippen LogP contribution in [0, 0.1) is 0 Å². The van der Waals surface area contributed by atoms with Crippen molar-refractivity contribution < 1.29 is 9.53 Å². The monoisotopic (exact) mass is 420 g/mol. The third-order valence-corrected chi connectivity index (χ3v) is 5.20. The van der Waals surface area contributed by atoms with E-state index in [1.165, 1.54) is 0 Å². The fourth-order valence-electron chi connectivity index (χ4n) is 3.64. The molecule has 1 amide bonds. The van der Waals surface area contributed by atoms with Crippen molar-refractivity contribution in [2.45, 2.75) is 0 Å². The van der Waals surface area contributed by atoms with Gasteiger partial charge < -0.3 is 10.1 Å². The molecule has 0 aliphatic rings. The number of nitrogens with zero attached hydrogens (tertiary/aromatic N) is 3. The van der Waals surface area contributed by atoms with Gasteiger partial charge in [-0.1, -0.05) is 36.4 Å². The summed E-state index contributed by atoms with van der Waals surface area (Å²) in [5.41, 5.74) is 4.17. The lowest BCUT2D eigenvalue weighted by atomic mass is 10.1. The number of hydrogen-bond donors (Lipinski definition) is 1.